The largest absolute Gasteiger partial charge is 0.294 e. The van der Waals surface area contributed by atoms with Crippen molar-refractivity contribution in [2.75, 3.05) is 0 Å². The average molecular weight is 265 g/mol. The van der Waals surface area contributed by atoms with E-state index in [-0.39, 0.29) is 5.91 Å². The molecule has 0 saturated carbocycles. The highest BCUT2D eigenvalue weighted by molar-refractivity contribution is 7.11. The van der Waals surface area contributed by atoms with Crippen molar-refractivity contribution < 1.29 is 4.79 Å². The number of amides is 1. The number of hydrogen-bond acceptors (Lipinski definition) is 5. The van der Waals surface area contributed by atoms with E-state index in [1.165, 1.54) is 16.9 Å². The Morgan fingerprint density at radius 3 is 2.78 bits per heavy atom. The van der Waals surface area contributed by atoms with Crippen molar-refractivity contribution >= 4 is 17.2 Å². The Morgan fingerprint density at radius 2 is 2.22 bits per heavy atom. The first kappa shape index (κ1) is 12.7. The molecule has 0 unspecified atom stereocenters. The van der Waals surface area contributed by atoms with Crippen molar-refractivity contribution in [3.63, 3.8) is 0 Å². The number of aromatic nitrogens is 3. The molecule has 6 nitrogen and oxygen atoms in total. The molecule has 0 spiro atoms. The van der Waals surface area contributed by atoms with Gasteiger partial charge in [0.15, 0.2) is 5.01 Å². The molecular formula is C11H15N5OS. The lowest BCUT2D eigenvalue weighted by atomic mass is 10.2. The van der Waals surface area contributed by atoms with Gasteiger partial charge in [-0.3, -0.25) is 14.9 Å². The van der Waals surface area contributed by atoms with E-state index >= 15 is 0 Å². The maximum atomic E-state index is 11.3. The van der Waals surface area contributed by atoms with E-state index in [1.54, 1.807) is 0 Å². The van der Waals surface area contributed by atoms with E-state index in [0.717, 1.165) is 17.1 Å². The van der Waals surface area contributed by atoms with Gasteiger partial charge in [0, 0.05) is 11.1 Å². The van der Waals surface area contributed by atoms with Gasteiger partial charge in [-0.05, 0) is 26.3 Å². The molecule has 0 aliphatic carbocycles. The Kier molecular flexibility index (Phi) is 3.44. The number of nitrogens with two attached hydrogens (primary N) is 1. The predicted octanol–water partition coefficient (Wildman–Crippen LogP) is 0.917. The Morgan fingerprint density at radius 1 is 1.50 bits per heavy atom. The average Bonchev–Trinajstić information content (AvgIpc) is 2.91. The van der Waals surface area contributed by atoms with E-state index < -0.39 is 0 Å². The number of thiazole rings is 1. The van der Waals surface area contributed by atoms with Crippen LogP contribution in [0.5, 0.6) is 0 Å². The summed E-state index contributed by atoms with van der Waals surface area (Å²) in [7, 11) is 0. The molecular weight excluding hydrogens is 250 g/mol. The lowest BCUT2D eigenvalue weighted by Gasteiger charge is -2.01. The van der Waals surface area contributed by atoms with Gasteiger partial charge in [0.25, 0.3) is 5.91 Å². The van der Waals surface area contributed by atoms with Crippen LogP contribution >= 0.6 is 11.3 Å². The lowest BCUT2D eigenvalue weighted by molar-refractivity contribution is 0.0953. The second-order valence-electron chi connectivity index (χ2n) is 4.07. The third kappa shape index (κ3) is 2.27. The van der Waals surface area contributed by atoms with E-state index in [9.17, 15) is 4.79 Å². The van der Waals surface area contributed by atoms with Gasteiger partial charge in [-0.2, -0.15) is 5.10 Å². The fourth-order valence-corrected chi connectivity index (χ4v) is 2.35. The second-order valence-corrected chi connectivity index (χ2v) is 4.93. The Hall–Kier alpha value is -1.73. The molecule has 0 bridgehead atoms. The van der Waals surface area contributed by atoms with Gasteiger partial charge in [-0.15, -0.1) is 11.3 Å². The summed E-state index contributed by atoms with van der Waals surface area (Å²) in [5.41, 5.74) is 6.20. The number of hydrogen-bond donors (Lipinski definition) is 2. The molecule has 18 heavy (non-hydrogen) atoms. The maximum absolute atomic E-state index is 11.3. The van der Waals surface area contributed by atoms with Crippen molar-refractivity contribution in [3.8, 4) is 0 Å². The number of nitrogens with zero attached hydrogens (tertiary/aromatic N) is 3. The fourth-order valence-electron chi connectivity index (χ4n) is 1.64. The minimum Gasteiger partial charge on any atom is -0.288 e. The van der Waals surface area contributed by atoms with Crippen LogP contribution in [0.4, 0.5) is 0 Å². The third-order valence-electron chi connectivity index (χ3n) is 2.93. The molecule has 2 aromatic rings. The molecule has 0 atom stereocenters. The summed E-state index contributed by atoms with van der Waals surface area (Å²) in [5, 5.41) is 6.65. The molecule has 0 aromatic carbocycles. The van der Waals surface area contributed by atoms with Gasteiger partial charge in [0.1, 0.15) is 0 Å². The van der Waals surface area contributed by atoms with Gasteiger partial charge >= 0.3 is 0 Å². The number of carbonyl (C=O) groups excluding carboxylic acids is 1. The molecule has 1 amide bonds. The SMILES string of the molecule is Cc1nn(Cc2csc(C(=O)NN)n2)c(C)c1C. The van der Waals surface area contributed by atoms with E-state index in [4.69, 9.17) is 5.84 Å². The molecule has 96 valence electrons. The van der Waals surface area contributed by atoms with Gasteiger partial charge in [0.05, 0.1) is 17.9 Å². The highest BCUT2D eigenvalue weighted by atomic mass is 32.1. The van der Waals surface area contributed by atoms with Crippen LogP contribution in [0.3, 0.4) is 0 Å². The van der Waals surface area contributed by atoms with Crippen LogP contribution in [0, 0.1) is 20.8 Å². The van der Waals surface area contributed by atoms with Crippen LogP contribution in [0.15, 0.2) is 5.38 Å². The first-order valence-corrected chi connectivity index (χ1v) is 6.37. The Balaban J connectivity index is 2.21. The molecule has 0 aliphatic heterocycles. The van der Waals surface area contributed by atoms with Gasteiger partial charge in [-0.25, -0.2) is 10.8 Å². The van der Waals surface area contributed by atoms with Gasteiger partial charge in [-0.1, -0.05) is 0 Å². The van der Waals surface area contributed by atoms with Gasteiger partial charge < -0.3 is 0 Å². The Bertz CT molecular complexity index is 586. The highest BCUT2D eigenvalue weighted by Gasteiger charge is 2.12. The zero-order chi connectivity index (χ0) is 13.3. The molecule has 0 fully saturated rings. The number of rotatable bonds is 3. The minimum absolute atomic E-state index is 0.365. The van der Waals surface area contributed by atoms with Crippen molar-refractivity contribution in [2.45, 2.75) is 27.3 Å². The second kappa shape index (κ2) is 4.87. The summed E-state index contributed by atoms with van der Waals surface area (Å²) in [6.07, 6.45) is 0. The van der Waals surface area contributed by atoms with E-state index in [2.05, 4.69) is 15.5 Å². The highest BCUT2D eigenvalue weighted by Crippen LogP contribution is 2.15. The van der Waals surface area contributed by atoms with Crippen molar-refractivity contribution in [1.82, 2.24) is 20.2 Å². The van der Waals surface area contributed by atoms with Crippen molar-refractivity contribution in [3.05, 3.63) is 33.0 Å². The van der Waals surface area contributed by atoms with Crippen LogP contribution in [-0.2, 0) is 6.54 Å². The normalized spacial score (nSPS) is 10.7. The number of carbonyl (C=O) groups is 1. The smallest absolute Gasteiger partial charge is 0.288 e. The number of aryl methyl sites for hydroxylation is 1. The number of nitrogens with one attached hydrogen (secondary N) is 1. The van der Waals surface area contributed by atoms with E-state index in [1.807, 2.05) is 30.8 Å². The molecule has 0 radical (unpaired) electrons. The van der Waals surface area contributed by atoms with E-state index in [0.29, 0.717) is 11.6 Å². The van der Waals surface area contributed by atoms with Crippen LogP contribution < -0.4 is 11.3 Å². The summed E-state index contributed by atoms with van der Waals surface area (Å²) in [4.78, 5) is 15.5. The first-order chi connectivity index (χ1) is 8.52. The molecule has 0 aliphatic rings. The summed E-state index contributed by atoms with van der Waals surface area (Å²) >= 11 is 1.27. The topological polar surface area (TPSA) is 85.8 Å². The molecule has 2 rings (SSSR count). The van der Waals surface area contributed by atoms with Crippen LogP contribution in [0.2, 0.25) is 0 Å². The lowest BCUT2D eigenvalue weighted by Crippen LogP contribution is -2.29. The molecule has 7 heteroatoms. The number of nitrogen functional groups attached to an aromatic ring is 1. The zero-order valence-electron chi connectivity index (χ0n) is 10.5. The summed E-state index contributed by atoms with van der Waals surface area (Å²) in [5.74, 6) is 4.70. The monoisotopic (exact) mass is 265 g/mol. The van der Waals surface area contributed by atoms with Crippen LogP contribution in [-0.4, -0.2) is 20.7 Å². The van der Waals surface area contributed by atoms with Crippen molar-refractivity contribution in [2.24, 2.45) is 5.84 Å². The third-order valence-corrected chi connectivity index (χ3v) is 3.82. The standard InChI is InChI=1S/C11H15N5OS/c1-6-7(2)15-16(8(6)3)4-9-5-18-11(13-9)10(17)14-12/h5H,4,12H2,1-3H3,(H,14,17). The summed E-state index contributed by atoms with van der Waals surface area (Å²) in [6, 6.07) is 0. The van der Waals surface area contributed by atoms with Crippen LogP contribution in [0.1, 0.15) is 32.4 Å². The molecule has 0 saturated heterocycles. The summed E-state index contributed by atoms with van der Waals surface area (Å²) in [6.45, 7) is 6.61. The Labute approximate surface area is 109 Å². The molecule has 3 N–H and O–H groups in total. The van der Waals surface area contributed by atoms with Gasteiger partial charge in [0.2, 0.25) is 0 Å². The molecule has 2 heterocycles. The van der Waals surface area contributed by atoms with Crippen molar-refractivity contribution in [1.29, 1.82) is 0 Å². The fraction of sp³-hybridized carbons (Fsp3) is 0.364. The zero-order valence-corrected chi connectivity index (χ0v) is 11.3. The quantitative estimate of drug-likeness (QED) is 0.491. The summed E-state index contributed by atoms with van der Waals surface area (Å²) < 4.78 is 1.89. The maximum Gasteiger partial charge on any atom is 0.294 e. The number of hydrazine groups is 1. The van der Waals surface area contributed by atoms with Crippen LogP contribution in [0.25, 0.3) is 0 Å². The minimum atomic E-state index is -0.365. The molecule has 2 aromatic heterocycles. The predicted molar refractivity (Wildman–Crippen MR) is 69.3 cm³/mol. The first-order valence-electron chi connectivity index (χ1n) is 5.49.